The number of nitrogens with one attached hydrogen (secondary N) is 2. The van der Waals surface area contributed by atoms with E-state index >= 15 is 0 Å². The number of rotatable bonds is 1. The smallest absolute Gasteiger partial charge is 0.337 e. The normalized spacial score (nSPS) is 9.73. The molecule has 9 N–H and O–H groups in total. The number of primary amides is 2. The third kappa shape index (κ3) is 7.88. The van der Waals surface area contributed by atoms with E-state index in [9.17, 15) is 14.4 Å². The number of aromatic carboxylic acids is 1. The lowest BCUT2D eigenvalue weighted by Crippen LogP contribution is -2.22. The maximum absolute atomic E-state index is 11.4. The lowest BCUT2D eigenvalue weighted by Gasteiger charge is -2.03. The Morgan fingerprint density at radius 2 is 1.43 bits per heavy atom. The van der Waals surface area contributed by atoms with Crippen LogP contribution in [0.25, 0.3) is 10.9 Å². The van der Waals surface area contributed by atoms with Gasteiger partial charge in [0.05, 0.1) is 22.2 Å². The summed E-state index contributed by atoms with van der Waals surface area (Å²) < 4.78 is 3.10. The molecule has 30 heavy (non-hydrogen) atoms. The van der Waals surface area contributed by atoms with Gasteiger partial charge in [-0.05, 0) is 69.4 Å². The molecule has 0 spiro atoms. The van der Waals surface area contributed by atoms with Crippen molar-refractivity contribution in [1.29, 1.82) is 0 Å². The second-order valence-electron chi connectivity index (χ2n) is 5.27. The fourth-order valence-electron chi connectivity index (χ4n) is 1.96. The first-order valence-corrected chi connectivity index (χ1v) is 11.2. The number of halogens is 4. The number of anilines is 1. The minimum Gasteiger partial charge on any atom is -0.478 e. The molecule has 0 radical (unpaired) electrons. The minimum absolute atomic E-state index is 0.133. The van der Waals surface area contributed by atoms with Crippen LogP contribution in [0.4, 0.5) is 10.5 Å². The van der Waals surface area contributed by atoms with Crippen LogP contribution in [-0.2, 0) is 0 Å². The molecular weight excluding hydrogens is 756 g/mol. The number of carbonyl (C=O) groups excluding carboxylic acids is 1. The molecule has 1 aromatic heterocycles. The van der Waals surface area contributed by atoms with Gasteiger partial charge >= 0.3 is 17.7 Å². The lowest BCUT2D eigenvalue weighted by atomic mass is 10.2. The summed E-state index contributed by atoms with van der Waals surface area (Å²) in [5, 5.41) is 9.19. The number of aromatic amines is 2. The number of carboxylic acids is 1. The van der Waals surface area contributed by atoms with E-state index in [1.807, 2.05) is 28.7 Å². The number of H-pyrrole nitrogens is 2. The van der Waals surface area contributed by atoms with Crippen LogP contribution in [-0.4, -0.2) is 27.1 Å². The zero-order valence-corrected chi connectivity index (χ0v) is 22.1. The number of aromatic nitrogens is 2. The van der Waals surface area contributed by atoms with Crippen LogP contribution in [0.5, 0.6) is 0 Å². The zero-order valence-electron chi connectivity index (χ0n) is 14.6. The first-order valence-electron chi connectivity index (χ1n) is 7.47. The van der Waals surface area contributed by atoms with Crippen molar-refractivity contribution in [3.63, 3.8) is 0 Å². The van der Waals surface area contributed by atoms with Crippen molar-refractivity contribution in [1.82, 2.24) is 9.97 Å². The van der Waals surface area contributed by atoms with Gasteiger partial charge in [0.1, 0.15) is 0 Å². The third-order valence-corrected chi connectivity index (χ3v) is 5.75. The molecule has 14 heteroatoms. The Hall–Kier alpha value is -1.66. The van der Waals surface area contributed by atoms with Gasteiger partial charge in [-0.25, -0.2) is 14.4 Å². The molecule has 3 rings (SSSR count). The Labute approximate surface area is 212 Å². The van der Waals surface area contributed by atoms with E-state index in [2.05, 4.69) is 75.9 Å². The van der Waals surface area contributed by atoms with E-state index in [1.165, 1.54) is 6.07 Å². The summed E-state index contributed by atoms with van der Waals surface area (Å²) in [5.74, 6) is -1.01. The lowest BCUT2D eigenvalue weighted by molar-refractivity contribution is 0.0698. The van der Waals surface area contributed by atoms with E-state index in [1.54, 1.807) is 12.1 Å². The van der Waals surface area contributed by atoms with Crippen LogP contribution in [0, 0.1) is 7.14 Å². The molecule has 160 valence electrons. The maximum Gasteiger partial charge on any atom is 0.337 e. The van der Waals surface area contributed by atoms with E-state index in [-0.39, 0.29) is 11.1 Å². The number of hydrogen-bond donors (Lipinski definition) is 6. The van der Waals surface area contributed by atoms with Gasteiger partial charge in [-0.2, -0.15) is 0 Å². The maximum atomic E-state index is 11.4. The average molecular weight is 769 g/mol. The van der Waals surface area contributed by atoms with Crippen molar-refractivity contribution in [2.75, 3.05) is 5.73 Å². The summed E-state index contributed by atoms with van der Waals surface area (Å²) in [6.07, 6.45) is 0. The van der Waals surface area contributed by atoms with Gasteiger partial charge in [-0.1, -0.05) is 31.9 Å². The van der Waals surface area contributed by atoms with E-state index < -0.39 is 17.7 Å². The number of nitrogens with two attached hydrogens (primary N) is 3. The van der Waals surface area contributed by atoms with Gasteiger partial charge in [0, 0.05) is 16.1 Å². The highest BCUT2D eigenvalue weighted by Crippen LogP contribution is 2.25. The first kappa shape index (κ1) is 26.4. The Morgan fingerprint density at radius 1 is 0.933 bits per heavy atom. The standard InChI is InChI=1S/C8H4BrIN2O2.C7H5BrINO2.CH4N2O/c9-3-1-4-6(5(10)2-3)11-8(14)12-7(4)13;8-3-1-4(7(11)12)6(10)5(9)2-3;2-1(3)4/h1-2H,(H2,11,12,13,14);1-2H,10H2,(H,11,12);(H4,2,3,4). The Bertz CT molecular complexity index is 1230. The molecule has 0 aliphatic heterocycles. The van der Waals surface area contributed by atoms with Crippen molar-refractivity contribution in [3.8, 4) is 0 Å². The molecule has 0 saturated heterocycles. The second kappa shape index (κ2) is 11.7. The quantitative estimate of drug-likeness (QED) is 0.163. The summed E-state index contributed by atoms with van der Waals surface area (Å²) in [7, 11) is 0. The molecule has 3 aromatic rings. The fraction of sp³-hybridized carbons (Fsp3) is 0. The van der Waals surface area contributed by atoms with Crippen LogP contribution in [0.2, 0.25) is 0 Å². The Balaban J connectivity index is 0.000000258. The second-order valence-corrected chi connectivity index (χ2v) is 9.43. The molecule has 0 aliphatic rings. The zero-order chi connectivity index (χ0) is 23.2. The summed E-state index contributed by atoms with van der Waals surface area (Å²) in [6, 6.07) is 5.92. The molecule has 2 amide bonds. The predicted octanol–water partition coefficient (Wildman–Crippen LogP) is 2.94. The molecule has 0 saturated carbocycles. The van der Waals surface area contributed by atoms with Crippen LogP contribution in [0.3, 0.4) is 0 Å². The van der Waals surface area contributed by atoms with Gasteiger partial charge in [-0.3, -0.25) is 9.78 Å². The monoisotopic (exact) mass is 767 g/mol. The van der Waals surface area contributed by atoms with Gasteiger partial charge in [0.2, 0.25) is 0 Å². The topological polar surface area (TPSA) is 198 Å². The molecule has 10 nitrogen and oxygen atoms in total. The third-order valence-electron chi connectivity index (χ3n) is 3.09. The number of nitrogen functional groups attached to an aromatic ring is 1. The number of carboxylic acid groups (broad SMARTS) is 1. The van der Waals surface area contributed by atoms with Gasteiger partial charge in [0.15, 0.2) is 0 Å². The highest BCUT2D eigenvalue weighted by Gasteiger charge is 2.11. The van der Waals surface area contributed by atoms with Crippen LogP contribution in [0.1, 0.15) is 10.4 Å². The SMILES string of the molecule is NC(N)=O.Nc1c(I)cc(Br)cc1C(=O)O.O=c1[nH]c(=O)c2cc(Br)cc(I)c2[nH]1. The number of urea groups is 1. The molecule has 0 atom stereocenters. The number of benzene rings is 2. The molecular formula is C16H13Br2I2N5O5. The van der Waals surface area contributed by atoms with Crippen LogP contribution >= 0.6 is 77.0 Å². The predicted molar refractivity (Wildman–Crippen MR) is 138 cm³/mol. The number of hydrogen-bond acceptors (Lipinski definition) is 5. The van der Waals surface area contributed by atoms with Crippen molar-refractivity contribution in [3.05, 3.63) is 66.8 Å². The van der Waals surface area contributed by atoms with Gasteiger partial charge in [0.25, 0.3) is 5.56 Å². The summed E-state index contributed by atoms with van der Waals surface area (Å²) in [6.45, 7) is 0. The fourth-order valence-corrected chi connectivity index (χ4v) is 5.12. The van der Waals surface area contributed by atoms with E-state index in [0.717, 1.165) is 16.1 Å². The van der Waals surface area contributed by atoms with Crippen LogP contribution in [0.15, 0.2) is 42.8 Å². The molecule has 0 bridgehead atoms. The molecule has 0 fully saturated rings. The highest BCUT2D eigenvalue weighted by molar-refractivity contribution is 14.1. The summed E-state index contributed by atoms with van der Waals surface area (Å²) in [4.78, 5) is 46.8. The molecule has 0 unspecified atom stereocenters. The number of carbonyl (C=O) groups is 2. The van der Waals surface area contributed by atoms with Crippen molar-refractivity contribution in [2.24, 2.45) is 11.5 Å². The summed E-state index contributed by atoms with van der Waals surface area (Å²) >= 11 is 10.5. The molecule has 0 aliphatic carbocycles. The molecule has 1 heterocycles. The average Bonchev–Trinajstić information content (AvgIpc) is 2.59. The van der Waals surface area contributed by atoms with E-state index in [4.69, 9.17) is 15.6 Å². The van der Waals surface area contributed by atoms with Gasteiger partial charge < -0.3 is 27.3 Å². The van der Waals surface area contributed by atoms with Crippen molar-refractivity contribution in [2.45, 2.75) is 0 Å². The minimum atomic E-state index is -1.01. The Morgan fingerprint density at radius 3 is 1.97 bits per heavy atom. The van der Waals surface area contributed by atoms with Crippen LogP contribution < -0.4 is 28.5 Å². The van der Waals surface area contributed by atoms with E-state index in [0.29, 0.717) is 16.6 Å². The summed E-state index contributed by atoms with van der Waals surface area (Å²) in [5.41, 5.74) is 14.2. The largest absolute Gasteiger partial charge is 0.478 e. The molecule has 2 aromatic carbocycles. The highest BCUT2D eigenvalue weighted by atomic mass is 127. The first-order chi connectivity index (χ1) is 13.8. The number of amides is 2. The van der Waals surface area contributed by atoms with Crippen molar-refractivity contribution >= 4 is 106 Å². The van der Waals surface area contributed by atoms with Gasteiger partial charge in [-0.15, -0.1) is 0 Å². The van der Waals surface area contributed by atoms with Crippen molar-refractivity contribution < 1.29 is 14.7 Å². The Kier molecular flexibility index (Phi) is 10.2. The number of fused-ring (bicyclic) bond motifs is 1.